The Morgan fingerprint density at radius 2 is 1.63 bits per heavy atom. The van der Waals surface area contributed by atoms with Gasteiger partial charge in [0, 0.05) is 37.3 Å². The Morgan fingerprint density at radius 1 is 0.959 bits per heavy atom. The lowest BCUT2D eigenvalue weighted by Crippen LogP contribution is -2.27. The summed E-state index contributed by atoms with van der Waals surface area (Å²) in [5, 5.41) is 35.9. The minimum absolute atomic E-state index is 0.0496. The van der Waals surface area contributed by atoms with Crippen molar-refractivity contribution >= 4 is 23.7 Å². The Balaban J connectivity index is 1.79. The van der Waals surface area contributed by atoms with Crippen LogP contribution < -0.4 is 19.5 Å². The molecular formula is C38H45NO10. The zero-order valence-corrected chi connectivity index (χ0v) is 28.4. The summed E-state index contributed by atoms with van der Waals surface area (Å²) < 4.78 is 22.3. The van der Waals surface area contributed by atoms with E-state index >= 15 is 0 Å². The molecule has 0 spiro atoms. The van der Waals surface area contributed by atoms with Crippen molar-refractivity contribution in [3.05, 3.63) is 76.4 Å². The number of phenols is 3. The number of allylic oxidation sites excluding steroid dienone is 1. The normalized spacial score (nSPS) is 16.8. The number of benzene rings is 3. The maximum Gasteiger partial charge on any atom is 0.342 e. The predicted molar refractivity (Wildman–Crippen MR) is 184 cm³/mol. The van der Waals surface area contributed by atoms with Crippen LogP contribution in [0.1, 0.15) is 90.4 Å². The maximum absolute atomic E-state index is 13.7. The number of carbonyl (C=O) groups excluding carboxylic acids is 3. The van der Waals surface area contributed by atoms with E-state index in [0.29, 0.717) is 67.8 Å². The summed E-state index contributed by atoms with van der Waals surface area (Å²) in [6, 6.07) is 11.3. The van der Waals surface area contributed by atoms with Gasteiger partial charge in [-0.3, -0.25) is 9.59 Å². The van der Waals surface area contributed by atoms with E-state index < -0.39 is 23.7 Å². The number of nitrogens with one attached hydrogen (secondary N) is 1. The van der Waals surface area contributed by atoms with Crippen molar-refractivity contribution in [1.29, 1.82) is 0 Å². The number of methoxy groups -OCH3 is 3. The van der Waals surface area contributed by atoms with Crippen molar-refractivity contribution in [3.63, 3.8) is 0 Å². The molecule has 1 heterocycles. The summed E-state index contributed by atoms with van der Waals surface area (Å²) in [5.41, 5.74) is 1.40. The molecule has 49 heavy (non-hydrogen) atoms. The quantitative estimate of drug-likeness (QED) is 0.182. The van der Waals surface area contributed by atoms with Gasteiger partial charge in [0.15, 0.2) is 11.5 Å². The van der Waals surface area contributed by atoms with Crippen molar-refractivity contribution in [2.24, 2.45) is 0 Å². The van der Waals surface area contributed by atoms with E-state index in [0.717, 1.165) is 5.56 Å². The summed E-state index contributed by atoms with van der Waals surface area (Å²) in [4.78, 5) is 39.4. The Hall–Kier alpha value is -5.19. The summed E-state index contributed by atoms with van der Waals surface area (Å²) >= 11 is 0. The fourth-order valence-electron chi connectivity index (χ4n) is 5.97. The van der Waals surface area contributed by atoms with E-state index in [1.807, 2.05) is 0 Å². The van der Waals surface area contributed by atoms with Gasteiger partial charge >= 0.3 is 5.97 Å². The first-order valence-corrected chi connectivity index (χ1v) is 16.4. The highest BCUT2D eigenvalue weighted by atomic mass is 16.5. The second-order valence-electron chi connectivity index (χ2n) is 12.0. The molecule has 0 saturated carbocycles. The third kappa shape index (κ3) is 9.46. The number of hydrogen-bond acceptors (Lipinski definition) is 10. The molecule has 0 saturated heterocycles. The molecule has 262 valence electrons. The van der Waals surface area contributed by atoms with Crippen molar-refractivity contribution in [2.45, 2.75) is 70.3 Å². The molecule has 2 atom stereocenters. The lowest BCUT2D eigenvalue weighted by atomic mass is 9.84. The molecule has 11 nitrogen and oxygen atoms in total. The molecule has 4 rings (SSSR count). The van der Waals surface area contributed by atoms with E-state index in [4.69, 9.17) is 18.9 Å². The van der Waals surface area contributed by atoms with E-state index in [1.165, 1.54) is 27.4 Å². The average Bonchev–Trinajstić information content (AvgIpc) is 3.07. The molecule has 0 bridgehead atoms. The Morgan fingerprint density at radius 3 is 2.29 bits per heavy atom. The number of phenolic OH excluding ortho intramolecular Hbond substituents is 3. The van der Waals surface area contributed by atoms with Crippen molar-refractivity contribution in [1.82, 2.24) is 5.32 Å². The van der Waals surface area contributed by atoms with Gasteiger partial charge in [-0.2, -0.15) is 0 Å². The third-order valence-electron chi connectivity index (χ3n) is 8.55. The van der Waals surface area contributed by atoms with Crippen LogP contribution in [0.25, 0.3) is 6.08 Å². The molecule has 1 amide bonds. The van der Waals surface area contributed by atoms with Crippen LogP contribution in [0.3, 0.4) is 0 Å². The number of esters is 1. The molecule has 1 unspecified atom stereocenters. The maximum atomic E-state index is 13.7. The first-order valence-electron chi connectivity index (χ1n) is 16.4. The molecule has 11 heteroatoms. The van der Waals surface area contributed by atoms with Gasteiger partial charge in [-0.25, -0.2) is 4.79 Å². The molecule has 0 fully saturated rings. The van der Waals surface area contributed by atoms with Crippen molar-refractivity contribution in [2.75, 3.05) is 27.9 Å². The van der Waals surface area contributed by atoms with Crippen molar-refractivity contribution < 1.29 is 48.7 Å². The highest BCUT2D eigenvalue weighted by Gasteiger charge is 2.32. The number of carbonyl (C=O) groups is 3. The molecule has 0 radical (unpaired) electrons. The van der Waals surface area contributed by atoms with Crippen LogP contribution in [0, 0.1) is 0 Å². The van der Waals surface area contributed by atoms with Gasteiger partial charge in [0.05, 0.1) is 27.4 Å². The highest BCUT2D eigenvalue weighted by molar-refractivity contribution is 5.98. The largest absolute Gasteiger partial charge is 0.508 e. The van der Waals surface area contributed by atoms with Crippen LogP contribution in [0.15, 0.2) is 48.5 Å². The Kier molecular flexibility index (Phi) is 12.9. The monoisotopic (exact) mass is 675 g/mol. The number of fused-ring (bicyclic) bond motifs is 1. The molecule has 4 N–H and O–H groups in total. The minimum atomic E-state index is -0.985. The number of amides is 1. The molecule has 1 aliphatic heterocycles. The van der Waals surface area contributed by atoms with Crippen LogP contribution in [-0.4, -0.2) is 67.0 Å². The number of rotatable bonds is 10. The van der Waals surface area contributed by atoms with E-state index in [-0.39, 0.29) is 52.8 Å². The number of hydrogen-bond donors (Lipinski definition) is 4. The summed E-state index contributed by atoms with van der Waals surface area (Å²) in [6.45, 7) is 2.01. The van der Waals surface area contributed by atoms with Crippen LogP contribution in [-0.2, 0) is 20.7 Å². The smallest absolute Gasteiger partial charge is 0.342 e. The van der Waals surface area contributed by atoms with Crippen LogP contribution >= 0.6 is 0 Å². The van der Waals surface area contributed by atoms with Crippen molar-refractivity contribution in [3.8, 4) is 34.5 Å². The number of ether oxygens (including phenoxy) is 4. The number of ketones is 1. The van der Waals surface area contributed by atoms with Gasteiger partial charge in [-0.1, -0.05) is 24.3 Å². The summed E-state index contributed by atoms with van der Waals surface area (Å²) in [5.74, 6) is -1.82. The second-order valence-corrected chi connectivity index (χ2v) is 12.0. The molecule has 0 aromatic heterocycles. The molecular weight excluding hydrogens is 630 g/mol. The number of cyclic esters (lactones) is 1. The van der Waals surface area contributed by atoms with Gasteiger partial charge in [-0.05, 0) is 86.1 Å². The average molecular weight is 676 g/mol. The number of aromatic hydroxyl groups is 3. The molecule has 3 aromatic rings. The minimum Gasteiger partial charge on any atom is -0.508 e. The standard InChI is InChI=1S/C38H45NO10/c1-23-9-8-12-27(40)11-7-5-6-10-25-19-30(42)35(36(44)34(25)38(45)49-23)29(26-20-31(46-2)37(48-4)32(21-26)47-3)22-33(43)39-18-17-24-13-15-28(41)16-14-24/h6,10,13-16,19-21,23,29,41-42,44H,5,7-9,11-12,17-18,22H2,1-4H3,(H,39,43)/b10-6+/t23-,29?/m0/s1. The van der Waals surface area contributed by atoms with E-state index in [1.54, 1.807) is 55.5 Å². The van der Waals surface area contributed by atoms with E-state index in [2.05, 4.69) is 5.32 Å². The van der Waals surface area contributed by atoms with Gasteiger partial charge < -0.3 is 39.6 Å². The fraction of sp³-hybridized carbons (Fsp3) is 0.395. The van der Waals surface area contributed by atoms with E-state index in [9.17, 15) is 29.7 Å². The molecule has 0 aliphatic carbocycles. The van der Waals surface area contributed by atoms with Gasteiger partial charge in [0.25, 0.3) is 0 Å². The second kappa shape index (κ2) is 17.3. The van der Waals surface area contributed by atoms with Gasteiger partial charge in [0.1, 0.15) is 28.6 Å². The lowest BCUT2D eigenvalue weighted by molar-refractivity contribution is -0.121. The third-order valence-corrected chi connectivity index (χ3v) is 8.55. The van der Waals surface area contributed by atoms with Gasteiger partial charge in [0.2, 0.25) is 11.7 Å². The first-order chi connectivity index (χ1) is 23.6. The first kappa shape index (κ1) is 36.6. The zero-order chi connectivity index (χ0) is 35.5. The fourth-order valence-corrected chi connectivity index (χ4v) is 5.97. The zero-order valence-electron chi connectivity index (χ0n) is 28.4. The van der Waals surface area contributed by atoms with Crippen LogP contribution in [0.4, 0.5) is 0 Å². The predicted octanol–water partition coefficient (Wildman–Crippen LogP) is 6.19. The SMILES string of the molecule is COc1cc(C(CC(=O)NCCc2ccc(O)cc2)c2c(O)cc3c(c2O)C(=O)O[C@@H](C)CCCC(=O)CCC/C=C/3)cc(OC)c1OC. The topological polar surface area (TPSA) is 161 Å². The molecule has 1 aliphatic rings. The van der Waals surface area contributed by atoms with Crippen LogP contribution in [0.5, 0.6) is 34.5 Å². The van der Waals surface area contributed by atoms with Gasteiger partial charge in [-0.15, -0.1) is 0 Å². The highest BCUT2D eigenvalue weighted by Crippen LogP contribution is 2.47. The summed E-state index contributed by atoms with van der Waals surface area (Å²) in [6.07, 6.45) is 6.18. The Labute approximate surface area is 286 Å². The Bertz CT molecular complexity index is 1640. The lowest BCUT2D eigenvalue weighted by Gasteiger charge is -2.24. The van der Waals surface area contributed by atoms with Crippen LogP contribution in [0.2, 0.25) is 0 Å². The number of Topliss-reactive ketones (excluding diaryl/α,β-unsaturated/α-hetero) is 1. The molecule has 3 aromatic carbocycles. The summed E-state index contributed by atoms with van der Waals surface area (Å²) in [7, 11) is 4.36.